The second-order valence-corrected chi connectivity index (χ2v) is 3.88. The molecule has 0 aromatic heterocycles. The molecule has 0 radical (unpaired) electrons. The molecule has 1 aromatic carbocycles. The summed E-state index contributed by atoms with van der Waals surface area (Å²) in [4.78, 5) is 0. The summed E-state index contributed by atoms with van der Waals surface area (Å²) < 4.78 is 23.9. The predicted molar refractivity (Wildman–Crippen MR) is 67.4 cm³/mol. The monoisotopic (exact) mass is 256 g/mol. The lowest BCUT2D eigenvalue weighted by molar-refractivity contribution is 0.0967. The van der Waals surface area contributed by atoms with Gasteiger partial charge in [-0.15, -0.1) is 0 Å². The highest BCUT2D eigenvalue weighted by molar-refractivity contribution is 6.58. The van der Waals surface area contributed by atoms with E-state index in [2.05, 4.69) is 6.92 Å². The van der Waals surface area contributed by atoms with Gasteiger partial charge in [0, 0.05) is 6.61 Å². The molecule has 1 rings (SSSR count). The maximum Gasteiger partial charge on any atom is 0.488 e. The van der Waals surface area contributed by atoms with Crippen LogP contribution in [0.3, 0.4) is 0 Å². The largest absolute Gasteiger partial charge is 0.488 e. The number of ether oxygens (including phenoxy) is 2. The van der Waals surface area contributed by atoms with Crippen molar-refractivity contribution in [2.24, 2.45) is 0 Å². The Bertz CT molecular complexity index is 360. The molecule has 0 fully saturated rings. The summed E-state index contributed by atoms with van der Waals surface area (Å²) in [6.45, 7) is 3.43. The average molecular weight is 256 g/mol. The van der Waals surface area contributed by atoms with Crippen LogP contribution in [-0.4, -0.2) is 37.0 Å². The summed E-state index contributed by atoms with van der Waals surface area (Å²) in [6.07, 6.45) is 2.07. The lowest BCUT2D eigenvalue weighted by Gasteiger charge is -2.09. The summed E-state index contributed by atoms with van der Waals surface area (Å²) in [7, 11) is -1.68. The molecule has 0 heterocycles. The SMILES string of the molecule is CCCCOCCOc1ccc(B(O)O)cc1F. The van der Waals surface area contributed by atoms with E-state index in [0.717, 1.165) is 18.9 Å². The Hall–Kier alpha value is -1.11. The third kappa shape index (κ3) is 5.04. The smallest absolute Gasteiger partial charge is 0.488 e. The van der Waals surface area contributed by atoms with E-state index in [4.69, 9.17) is 19.5 Å². The number of rotatable bonds is 8. The van der Waals surface area contributed by atoms with Gasteiger partial charge < -0.3 is 19.5 Å². The Morgan fingerprint density at radius 3 is 2.61 bits per heavy atom. The number of halogens is 1. The van der Waals surface area contributed by atoms with E-state index < -0.39 is 12.9 Å². The molecule has 2 N–H and O–H groups in total. The van der Waals surface area contributed by atoms with E-state index in [1.165, 1.54) is 12.1 Å². The minimum Gasteiger partial charge on any atom is -0.488 e. The number of hydrogen-bond acceptors (Lipinski definition) is 4. The second kappa shape index (κ2) is 8.08. The third-order valence-corrected chi connectivity index (χ3v) is 2.38. The molecule has 0 saturated heterocycles. The highest BCUT2D eigenvalue weighted by atomic mass is 19.1. The first-order valence-electron chi connectivity index (χ1n) is 6.01. The van der Waals surface area contributed by atoms with E-state index in [9.17, 15) is 4.39 Å². The van der Waals surface area contributed by atoms with Crippen LogP contribution in [0.5, 0.6) is 5.75 Å². The van der Waals surface area contributed by atoms with Crippen molar-refractivity contribution in [1.29, 1.82) is 0 Å². The second-order valence-electron chi connectivity index (χ2n) is 3.88. The lowest BCUT2D eigenvalue weighted by Crippen LogP contribution is -2.30. The molecule has 0 bridgehead atoms. The van der Waals surface area contributed by atoms with Crippen LogP contribution in [-0.2, 0) is 4.74 Å². The van der Waals surface area contributed by atoms with Gasteiger partial charge in [-0.25, -0.2) is 4.39 Å². The first-order chi connectivity index (χ1) is 8.65. The van der Waals surface area contributed by atoms with Crippen molar-refractivity contribution in [3.8, 4) is 5.75 Å². The van der Waals surface area contributed by atoms with Gasteiger partial charge in [-0.2, -0.15) is 0 Å². The standard InChI is InChI=1S/C12H18BFO4/c1-2-3-6-17-7-8-18-12-5-4-10(13(15)16)9-11(12)14/h4-5,9,15-16H,2-3,6-8H2,1H3. The zero-order valence-corrected chi connectivity index (χ0v) is 10.4. The van der Waals surface area contributed by atoms with E-state index in [-0.39, 0.29) is 17.8 Å². The van der Waals surface area contributed by atoms with Gasteiger partial charge in [0.2, 0.25) is 0 Å². The Kier molecular flexibility index (Phi) is 6.71. The van der Waals surface area contributed by atoms with Crippen LogP contribution in [0, 0.1) is 5.82 Å². The van der Waals surface area contributed by atoms with E-state index in [1.807, 2.05) is 0 Å². The van der Waals surface area contributed by atoms with E-state index in [1.54, 1.807) is 0 Å². The lowest BCUT2D eigenvalue weighted by atomic mass is 9.80. The Morgan fingerprint density at radius 1 is 1.22 bits per heavy atom. The predicted octanol–water partition coefficient (Wildman–Crippen LogP) is 0.701. The highest BCUT2D eigenvalue weighted by Crippen LogP contribution is 2.14. The highest BCUT2D eigenvalue weighted by Gasteiger charge is 2.13. The topological polar surface area (TPSA) is 58.9 Å². The zero-order chi connectivity index (χ0) is 13.4. The molecule has 4 nitrogen and oxygen atoms in total. The maximum absolute atomic E-state index is 13.5. The minimum atomic E-state index is -1.68. The van der Waals surface area contributed by atoms with E-state index >= 15 is 0 Å². The van der Waals surface area contributed by atoms with Crippen LogP contribution in [0.2, 0.25) is 0 Å². The van der Waals surface area contributed by atoms with Gasteiger partial charge in [0.05, 0.1) is 6.61 Å². The van der Waals surface area contributed by atoms with Gasteiger partial charge in [-0.1, -0.05) is 19.4 Å². The normalized spacial score (nSPS) is 10.4. The van der Waals surface area contributed by atoms with Crippen LogP contribution in [0.15, 0.2) is 18.2 Å². The summed E-state index contributed by atoms with van der Waals surface area (Å²) in [5.41, 5.74) is 0.0963. The van der Waals surface area contributed by atoms with Gasteiger partial charge >= 0.3 is 7.12 Å². The fraction of sp³-hybridized carbons (Fsp3) is 0.500. The van der Waals surface area contributed by atoms with Crippen molar-refractivity contribution in [3.63, 3.8) is 0 Å². The van der Waals surface area contributed by atoms with Gasteiger partial charge in [0.25, 0.3) is 0 Å². The first kappa shape index (κ1) is 15.0. The molecule has 1 aromatic rings. The van der Waals surface area contributed by atoms with Gasteiger partial charge in [-0.3, -0.25) is 0 Å². The van der Waals surface area contributed by atoms with Gasteiger partial charge in [0.15, 0.2) is 11.6 Å². The van der Waals surface area contributed by atoms with Crippen LogP contribution < -0.4 is 10.2 Å². The summed E-state index contributed by atoms with van der Waals surface area (Å²) in [5, 5.41) is 17.7. The minimum absolute atomic E-state index is 0.0819. The van der Waals surface area contributed by atoms with Crippen molar-refractivity contribution in [3.05, 3.63) is 24.0 Å². The Balaban J connectivity index is 2.34. The molecule has 0 aliphatic heterocycles. The fourth-order valence-electron chi connectivity index (χ4n) is 1.35. The zero-order valence-electron chi connectivity index (χ0n) is 10.4. The molecule has 0 amide bonds. The number of hydrogen-bond donors (Lipinski definition) is 2. The molecule has 0 aliphatic rings. The summed E-state index contributed by atoms with van der Waals surface area (Å²) in [6, 6.07) is 3.81. The molecule has 0 atom stereocenters. The van der Waals surface area contributed by atoms with Crippen molar-refractivity contribution < 1.29 is 23.9 Å². The van der Waals surface area contributed by atoms with Gasteiger partial charge in [-0.05, 0) is 24.0 Å². The molecule has 0 spiro atoms. The molecule has 6 heteroatoms. The summed E-state index contributed by atoms with van der Waals surface area (Å²) >= 11 is 0. The van der Waals surface area contributed by atoms with Crippen molar-refractivity contribution in [1.82, 2.24) is 0 Å². The summed E-state index contributed by atoms with van der Waals surface area (Å²) in [5.74, 6) is -0.535. The van der Waals surface area contributed by atoms with E-state index in [0.29, 0.717) is 13.2 Å². The third-order valence-electron chi connectivity index (χ3n) is 2.38. The molecule has 100 valence electrons. The van der Waals surface area contributed by atoms with Crippen LogP contribution >= 0.6 is 0 Å². The molecule has 18 heavy (non-hydrogen) atoms. The van der Waals surface area contributed by atoms with Crippen molar-refractivity contribution in [2.75, 3.05) is 19.8 Å². The molecule has 0 saturated carbocycles. The van der Waals surface area contributed by atoms with Crippen molar-refractivity contribution in [2.45, 2.75) is 19.8 Å². The quantitative estimate of drug-likeness (QED) is 0.531. The van der Waals surface area contributed by atoms with Crippen molar-refractivity contribution >= 4 is 12.6 Å². The fourth-order valence-corrected chi connectivity index (χ4v) is 1.35. The molecule has 0 unspecified atom stereocenters. The van der Waals surface area contributed by atoms with Crippen LogP contribution in [0.4, 0.5) is 4.39 Å². The molecule has 0 aliphatic carbocycles. The number of unbranched alkanes of at least 4 members (excludes halogenated alkanes) is 1. The average Bonchev–Trinajstić information content (AvgIpc) is 2.35. The van der Waals surface area contributed by atoms with Crippen LogP contribution in [0.1, 0.15) is 19.8 Å². The molecular weight excluding hydrogens is 238 g/mol. The number of benzene rings is 1. The maximum atomic E-state index is 13.5. The van der Waals surface area contributed by atoms with Gasteiger partial charge in [0.1, 0.15) is 6.61 Å². The van der Waals surface area contributed by atoms with Crippen LogP contribution in [0.25, 0.3) is 0 Å². The molecular formula is C12H18BFO4. The first-order valence-corrected chi connectivity index (χ1v) is 6.01. The Morgan fingerprint density at radius 2 is 2.00 bits per heavy atom. The Labute approximate surface area is 106 Å².